The van der Waals surface area contributed by atoms with Crippen LogP contribution in [0.15, 0.2) is 56.6 Å². The third-order valence-electron chi connectivity index (χ3n) is 2.68. The maximum atomic E-state index is 9.71. The molecule has 0 radical (unpaired) electrons. The molecule has 0 bridgehead atoms. The molecule has 0 fully saturated rings. The van der Waals surface area contributed by atoms with E-state index in [2.05, 4.69) is 31.1 Å². The second-order valence-electron chi connectivity index (χ2n) is 4.15. The molecule has 1 aromatic carbocycles. The van der Waals surface area contributed by atoms with Crippen molar-refractivity contribution in [2.24, 2.45) is 0 Å². The first kappa shape index (κ1) is 14.1. The highest BCUT2D eigenvalue weighted by molar-refractivity contribution is 9.10. The molecule has 0 aliphatic rings. The van der Waals surface area contributed by atoms with Crippen molar-refractivity contribution in [3.63, 3.8) is 0 Å². The third-order valence-corrected chi connectivity index (χ3v) is 4.22. The lowest BCUT2D eigenvalue weighted by Crippen LogP contribution is -1.85. The van der Waals surface area contributed by atoms with Crippen molar-refractivity contribution in [2.45, 2.75) is 10.6 Å². The number of halogens is 1. The van der Waals surface area contributed by atoms with Gasteiger partial charge in [-0.15, -0.1) is 11.8 Å². The fourth-order valence-corrected chi connectivity index (χ4v) is 2.67. The van der Waals surface area contributed by atoms with Gasteiger partial charge in [0.1, 0.15) is 5.75 Å². The maximum absolute atomic E-state index is 9.71. The van der Waals surface area contributed by atoms with Crippen LogP contribution in [-0.2, 0) is 5.75 Å². The van der Waals surface area contributed by atoms with Crippen LogP contribution in [0.25, 0.3) is 11.5 Å². The Morgan fingerprint density at radius 2 is 2.00 bits per heavy atom. The highest BCUT2D eigenvalue weighted by Crippen LogP contribution is 2.28. The summed E-state index contributed by atoms with van der Waals surface area (Å²) in [5.74, 6) is 1.49. The molecule has 0 spiro atoms. The normalized spacial score (nSPS) is 10.7. The van der Waals surface area contributed by atoms with Crippen LogP contribution >= 0.6 is 27.7 Å². The maximum Gasteiger partial charge on any atom is 0.261 e. The van der Waals surface area contributed by atoms with Gasteiger partial charge < -0.3 is 9.63 Å². The molecule has 3 aromatic rings. The van der Waals surface area contributed by atoms with Crippen molar-refractivity contribution in [2.75, 3.05) is 0 Å². The Hall–Kier alpha value is -1.86. The van der Waals surface area contributed by atoms with Gasteiger partial charge in [-0.3, -0.25) is 4.98 Å². The molecule has 0 amide bonds. The molecule has 0 saturated heterocycles. The molecule has 0 aliphatic carbocycles. The quantitative estimate of drug-likeness (QED) is 0.708. The summed E-state index contributed by atoms with van der Waals surface area (Å²) in [6, 6.07) is 9.64. The lowest BCUT2D eigenvalue weighted by molar-refractivity contribution is 0.419. The Morgan fingerprint density at radius 1 is 1.19 bits per heavy atom. The lowest BCUT2D eigenvalue weighted by atomic mass is 10.2. The van der Waals surface area contributed by atoms with Crippen molar-refractivity contribution >= 4 is 27.7 Å². The van der Waals surface area contributed by atoms with Crippen molar-refractivity contribution in [1.82, 2.24) is 15.1 Å². The Labute approximate surface area is 133 Å². The van der Waals surface area contributed by atoms with Gasteiger partial charge in [0.15, 0.2) is 5.82 Å². The largest absolute Gasteiger partial charge is 0.505 e. The third kappa shape index (κ3) is 3.43. The van der Waals surface area contributed by atoms with Gasteiger partial charge in [0.2, 0.25) is 0 Å². The van der Waals surface area contributed by atoms with E-state index in [1.54, 1.807) is 24.0 Å². The van der Waals surface area contributed by atoms with Gasteiger partial charge in [-0.05, 0) is 30.3 Å². The lowest BCUT2D eigenvalue weighted by Gasteiger charge is -1.98. The van der Waals surface area contributed by atoms with Gasteiger partial charge in [0.05, 0.1) is 17.5 Å². The van der Waals surface area contributed by atoms with Gasteiger partial charge in [-0.2, -0.15) is 4.98 Å². The smallest absolute Gasteiger partial charge is 0.261 e. The average Bonchev–Trinajstić information content (AvgIpc) is 2.96. The minimum atomic E-state index is 0.0215. The van der Waals surface area contributed by atoms with Crippen LogP contribution in [-0.4, -0.2) is 20.2 Å². The van der Waals surface area contributed by atoms with Crippen LogP contribution in [0.3, 0.4) is 0 Å². The Morgan fingerprint density at radius 3 is 2.76 bits per heavy atom. The van der Waals surface area contributed by atoms with Crippen LogP contribution < -0.4 is 0 Å². The van der Waals surface area contributed by atoms with Crippen molar-refractivity contribution in [1.29, 1.82) is 0 Å². The number of thioether (sulfide) groups is 1. The molecule has 1 N–H and O–H groups in total. The van der Waals surface area contributed by atoms with Crippen molar-refractivity contribution in [3.05, 3.63) is 53.0 Å². The summed E-state index contributed by atoms with van der Waals surface area (Å²) in [6.07, 6.45) is 2.91. The summed E-state index contributed by atoms with van der Waals surface area (Å²) in [5, 5.41) is 13.6. The van der Waals surface area contributed by atoms with E-state index in [0.29, 0.717) is 23.0 Å². The van der Waals surface area contributed by atoms with E-state index in [-0.39, 0.29) is 5.75 Å². The second kappa shape index (κ2) is 6.28. The number of hydrogen-bond acceptors (Lipinski definition) is 6. The summed E-state index contributed by atoms with van der Waals surface area (Å²) >= 11 is 5.01. The van der Waals surface area contributed by atoms with Gasteiger partial charge in [0.25, 0.3) is 5.89 Å². The standard InChI is InChI=1S/C14H10BrN3O2S/c15-9-1-3-10(4-2-9)21-8-13-17-14(20-18-13)11-5-6-16-7-12(11)19/h1-7,19H,8H2. The van der Waals surface area contributed by atoms with E-state index in [1.165, 1.54) is 6.20 Å². The van der Waals surface area contributed by atoms with Crippen LogP contribution in [0.1, 0.15) is 5.82 Å². The molecule has 3 rings (SSSR count). The number of pyridine rings is 1. The molecule has 21 heavy (non-hydrogen) atoms. The number of aromatic nitrogens is 3. The molecule has 2 heterocycles. The average molecular weight is 364 g/mol. The molecule has 0 aliphatic heterocycles. The first-order valence-corrected chi connectivity index (χ1v) is 7.84. The van der Waals surface area contributed by atoms with E-state index < -0.39 is 0 Å². The number of aromatic hydroxyl groups is 1. The molecule has 5 nitrogen and oxygen atoms in total. The Kier molecular flexibility index (Phi) is 4.21. The van der Waals surface area contributed by atoms with E-state index in [4.69, 9.17) is 4.52 Å². The summed E-state index contributed by atoms with van der Waals surface area (Å²) in [6.45, 7) is 0. The van der Waals surface area contributed by atoms with E-state index >= 15 is 0 Å². The van der Waals surface area contributed by atoms with Gasteiger partial charge in [0, 0.05) is 15.6 Å². The van der Waals surface area contributed by atoms with Crippen molar-refractivity contribution in [3.8, 4) is 17.2 Å². The molecule has 106 valence electrons. The summed E-state index contributed by atoms with van der Waals surface area (Å²) in [7, 11) is 0. The SMILES string of the molecule is Oc1cnccc1-c1nc(CSc2ccc(Br)cc2)no1. The van der Waals surface area contributed by atoms with Crippen molar-refractivity contribution < 1.29 is 9.63 Å². The van der Waals surface area contributed by atoms with E-state index in [1.807, 2.05) is 24.3 Å². The van der Waals surface area contributed by atoms with Gasteiger partial charge >= 0.3 is 0 Å². The molecule has 0 unspecified atom stereocenters. The molecule has 0 atom stereocenters. The minimum absolute atomic E-state index is 0.0215. The zero-order chi connectivity index (χ0) is 14.7. The predicted molar refractivity (Wildman–Crippen MR) is 82.9 cm³/mol. The summed E-state index contributed by atoms with van der Waals surface area (Å²) < 4.78 is 6.21. The fourth-order valence-electron chi connectivity index (χ4n) is 1.67. The Balaban J connectivity index is 1.71. The zero-order valence-electron chi connectivity index (χ0n) is 10.7. The monoisotopic (exact) mass is 363 g/mol. The summed E-state index contributed by atoms with van der Waals surface area (Å²) in [5.41, 5.74) is 0.484. The summed E-state index contributed by atoms with van der Waals surface area (Å²) in [4.78, 5) is 9.21. The topological polar surface area (TPSA) is 72.0 Å². The first-order valence-electron chi connectivity index (χ1n) is 6.06. The zero-order valence-corrected chi connectivity index (χ0v) is 13.1. The predicted octanol–water partition coefficient (Wildman–Crippen LogP) is 3.89. The molecular formula is C14H10BrN3O2S. The van der Waals surface area contributed by atoms with E-state index in [9.17, 15) is 5.11 Å². The molecule has 2 aromatic heterocycles. The Bertz CT molecular complexity index is 746. The number of rotatable bonds is 4. The fraction of sp³-hybridized carbons (Fsp3) is 0.0714. The highest BCUT2D eigenvalue weighted by atomic mass is 79.9. The number of benzene rings is 1. The molecule has 7 heteroatoms. The molecular weight excluding hydrogens is 354 g/mol. The van der Waals surface area contributed by atoms with Gasteiger partial charge in [-0.1, -0.05) is 21.1 Å². The van der Waals surface area contributed by atoms with Crippen LogP contribution in [0, 0.1) is 0 Å². The van der Waals surface area contributed by atoms with Crippen LogP contribution in [0.5, 0.6) is 5.75 Å². The van der Waals surface area contributed by atoms with Crippen LogP contribution in [0.4, 0.5) is 0 Å². The highest BCUT2D eigenvalue weighted by Gasteiger charge is 2.12. The minimum Gasteiger partial charge on any atom is -0.505 e. The number of hydrogen-bond donors (Lipinski definition) is 1. The van der Waals surface area contributed by atoms with Gasteiger partial charge in [-0.25, -0.2) is 0 Å². The number of nitrogens with zero attached hydrogens (tertiary/aromatic N) is 3. The molecule has 0 saturated carbocycles. The van der Waals surface area contributed by atoms with Crippen LogP contribution in [0.2, 0.25) is 0 Å². The first-order chi connectivity index (χ1) is 10.2. The van der Waals surface area contributed by atoms with E-state index in [0.717, 1.165) is 9.37 Å². The second-order valence-corrected chi connectivity index (χ2v) is 6.12.